The molecule has 0 aliphatic rings. The number of rotatable bonds is 11. The third-order valence-corrected chi connectivity index (χ3v) is 6.25. The van der Waals surface area contributed by atoms with Gasteiger partial charge >= 0.3 is 0 Å². The number of amides is 2. The van der Waals surface area contributed by atoms with E-state index in [0.717, 1.165) is 29.5 Å². The minimum absolute atomic E-state index is 0.137. The summed E-state index contributed by atoms with van der Waals surface area (Å²) >= 11 is 12.6. The second kappa shape index (κ2) is 13.2. The Hall–Kier alpha value is -2.82. The van der Waals surface area contributed by atoms with Crippen LogP contribution in [0.5, 0.6) is 0 Å². The van der Waals surface area contributed by atoms with Crippen molar-refractivity contribution in [2.45, 2.75) is 45.2 Å². The van der Waals surface area contributed by atoms with Gasteiger partial charge in [0.1, 0.15) is 6.04 Å². The smallest absolute Gasteiger partial charge is 0.243 e. The Labute approximate surface area is 211 Å². The minimum atomic E-state index is -0.679. The zero-order valence-electron chi connectivity index (χ0n) is 19.3. The first-order valence-electron chi connectivity index (χ1n) is 11.6. The number of nitrogens with zero attached hydrogens (tertiary/aromatic N) is 1. The molecule has 2 amide bonds. The average molecular weight is 497 g/mol. The molecule has 0 aliphatic carbocycles. The van der Waals surface area contributed by atoms with Gasteiger partial charge in [0.05, 0.1) is 6.42 Å². The molecule has 0 fully saturated rings. The maximum atomic E-state index is 13.7. The molecule has 1 atom stereocenters. The largest absolute Gasteiger partial charge is 0.354 e. The Morgan fingerprint density at radius 3 is 2.32 bits per heavy atom. The molecule has 178 valence electrons. The molecule has 4 nitrogen and oxygen atoms in total. The lowest BCUT2D eigenvalue weighted by Gasteiger charge is -2.32. The summed E-state index contributed by atoms with van der Waals surface area (Å²) in [5.41, 5.74) is 2.58. The van der Waals surface area contributed by atoms with Crippen molar-refractivity contribution < 1.29 is 9.59 Å². The number of nitrogens with one attached hydrogen (secondary N) is 1. The van der Waals surface area contributed by atoms with Gasteiger partial charge in [-0.15, -0.1) is 0 Å². The highest BCUT2D eigenvalue weighted by molar-refractivity contribution is 6.31. The third kappa shape index (κ3) is 7.61. The first-order valence-corrected chi connectivity index (χ1v) is 12.3. The van der Waals surface area contributed by atoms with Crippen LogP contribution in [0.25, 0.3) is 0 Å². The van der Waals surface area contributed by atoms with Crippen LogP contribution in [0.1, 0.15) is 36.5 Å². The summed E-state index contributed by atoms with van der Waals surface area (Å²) in [4.78, 5) is 28.7. The molecule has 0 saturated heterocycles. The van der Waals surface area contributed by atoms with Crippen LogP contribution in [-0.2, 0) is 29.0 Å². The fourth-order valence-corrected chi connectivity index (χ4v) is 4.20. The summed E-state index contributed by atoms with van der Waals surface area (Å²) in [6, 6.07) is 23.7. The lowest BCUT2D eigenvalue weighted by atomic mass is 10.0. The molecule has 3 aromatic rings. The molecular weight excluding hydrogens is 467 g/mol. The Morgan fingerprint density at radius 1 is 0.912 bits per heavy atom. The lowest BCUT2D eigenvalue weighted by molar-refractivity contribution is -0.140. The SMILES string of the molecule is CCCCNC(=O)[C@H](Cc1ccccc1)N(Cc1ccccc1Cl)C(=O)Cc1cccc(Cl)c1. The van der Waals surface area contributed by atoms with Crippen LogP contribution in [0.3, 0.4) is 0 Å². The van der Waals surface area contributed by atoms with Crippen LogP contribution in [0.4, 0.5) is 0 Å². The standard InChI is InChI=1S/C28H30Cl2N2O2/c1-2-3-16-31-28(34)26(18-21-10-5-4-6-11-21)32(20-23-13-7-8-15-25(23)30)27(33)19-22-12-9-14-24(29)17-22/h4-15,17,26H,2-3,16,18-20H2,1H3,(H,31,34)/t26-/m0/s1. The van der Waals surface area contributed by atoms with Crippen molar-refractivity contribution in [2.75, 3.05) is 6.54 Å². The van der Waals surface area contributed by atoms with E-state index in [1.807, 2.05) is 60.7 Å². The van der Waals surface area contributed by atoms with Gasteiger partial charge < -0.3 is 10.2 Å². The molecule has 0 unspecified atom stereocenters. The van der Waals surface area contributed by atoms with Crippen molar-refractivity contribution in [3.8, 4) is 0 Å². The van der Waals surface area contributed by atoms with Gasteiger partial charge in [-0.25, -0.2) is 0 Å². The summed E-state index contributed by atoms with van der Waals surface area (Å²) < 4.78 is 0. The van der Waals surface area contributed by atoms with Gasteiger partial charge in [-0.2, -0.15) is 0 Å². The average Bonchev–Trinajstić information content (AvgIpc) is 2.83. The summed E-state index contributed by atoms with van der Waals surface area (Å²) in [5.74, 6) is -0.322. The van der Waals surface area contributed by atoms with Crippen LogP contribution in [0.2, 0.25) is 10.0 Å². The molecule has 3 aromatic carbocycles. The van der Waals surface area contributed by atoms with E-state index in [4.69, 9.17) is 23.2 Å². The third-order valence-electron chi connectivity index (χ3n) is 5.64. The normalized spacial score (nSPS) is 11.6. The van der Waals surface area contributed by atoms with Gasteiger partial charge in [0.15, 0.2) is 0 Å². The highest BCUT2D eigenvalue weighted by Gasteiger charge is 2.30. The number of hydrogen-bond acceptors (Lipinski definition) is 2. The number of benzene rings is 3. The van der Waals surface area contributed by atoms with E-state index in [0.29, 0.717) is 23.0 Å². The molecule has 34 heavy (non-hydrogen) atoms. The fourth-order valence-electron chi connectivity index (χ4n) is 3.79. The predicted molar refractivity (Wildman–Crippen MR) is 139 cm³/mol. The van der Waals surface area contributed by atoms with Gasteiger partial charge in [-0.1, -0.05) is 97.2 Å². The van der Waals surface area contributed by atoms with Crippen LogP contribution in [0, 0.1) is 0 Å². The zero-order chi connectivity index (χ0) is 24.3. The van der Waals surface area contributed by atoms with Crippen LogP contribution in [0.15, 0.2) is 78.9 Å². The van der Waals surface area contributed by atoms with Crippen molar-refractivity contribution in [1.82, 2.24) is 10.2 Å². The van der Waals surface area contributed by atoms with Crippen molar-refractivity contribution in [2.24, 2.45) is 0 Å². The second-order valence-corrected chi connectivity index (χ2v) is 9.11. The topological polar surface area (TPSA) is 49.4 Å². The maximum absolute atomic E-state index is 13.7. The van der Waals surface area contributed by atoms with Gasteiger partial charge in [0.25, 0.3) is 0 Å². The minimum Gasteiger partial charge on any atom is -0.354 e. The quantitative estimate of drug-likeness (QED) is 0.326. The number of carbonyl (C=O) groups is 2. The Bertz CT molecular complexity index is 1090. The number of carbonyl (C=O) groups excluding carboxylic acids is 2. The van der Waals surface area contributed by atoms with Gasteiger partial charge in [-0.3, -0.25) is 9.59 Å². The summed E-state index contributed by atoms with van der Waals surface area (Å²) in [7, 11) is 0. The summed E-state index contributed by atoms with van der Waals surface area (Å²) in [6.07, 6.45) is 2.40. The van der Waals surface area contributed by atoms with E-state index < -0.39 is 6.04 Å². The first-order chi connectivity index (χ1) is 16.5. The first kappa shape index (κ1) is 25.8. The molecule has 0 aliphatic heterocycles. The van der Waals surface area contributed by atoms with Gasteiger partial charge in [0, 0.05) is 29.6 Å². The van der Waals surface area contributed by atoms with E-state index in [-0.39, 0.29) is 24.8 Å². The Balaban J connectivity index is 1.95. The van der Waals surface area contributed by atoms with Gasteiger partial charge in [-0.05, 0) is 41.3 Å². The molecule has 0 bridgehead atoms. The highest BCUT2D eigenvalue weighted by atomic mass is 35.5. The predicted octanol–water partition coefficient (Wildman–Crippen LogP) is 6.09. The lowest BCUT2D eigenvalue weighted by Crippen LogP contribution is -2.51. The molecule has 0 spiro atoms. The number of hydrogen-bond donors (Lipinski definition) is 1. The maximum Gasteiger partial charge on any atom is 0.243 e. The molecule has 0 aromatic heterocycles. The second-order valence-electron chi connectivity index (χ2n) is 8.27. The molecule has 3 rings (SSSR count). The molecule has 6 heteroatoms. The Kier molecular flexibility index (Phi) is 9.99. The summed E-state index contributed by atoms with van der Waals surface area (Å²) in [6.45, 7) is 2.88. The van der Waals surface area contributed by atoms with Crippen molar-refractivity contribution in [3.63, 3.8) is 0 Å². The molecule has 0 saturated carbocycles. The monoisotopic (exact) mass is 496 g/mol. The zero-order valence-corrected chi connectivity index (χ0v) is 20.9. The Morgan fingerprint density at radius 2 is 1.62 bits per heavy atom. The van der Waals surface area contributed by atoms with Crippen LogP contribution in [-0.4, -0.2) is 29.3 Å². The van der Waals surface area contributed by atoms with Crippen molar-refractivity contribution in [1.29, 1.82) is 0 Å². The highest BCUT2D eigenvalue weighted by Crippen LogP contribution is 2.22. The fraction of sp³-hybridized carbons (Fsp3) is 0.286. The van der Waals surface area contributed by atoms with E-state index >= 15 is 0 Å². The molecule has 0 heterocycles. The van der Waals surface area contributed by atoms with E-state index in [9.17, 15) is 9.59 Å². The molecule has 1 N–H and O–H groups in total. The van der Waals surface area contributed by atoms with Crippen LogP contribution < -0.4 is 5.32 Å². The molecular formula is C28H30Cl2N2O2. The number of unbranched alkanes of at least 4 members (excludes halogenated alkanes) is 1. The van der Waals surface area contributed by atoms with E-state index in [2.05, 4.69) is 12.2 Å². The van der Waals surface area contributed by atoms with E-state index in [1.165, 1.54) is 0 Å². The van der Waals surface area contributed by atoms with E-state index in [1.54, 1.807) is 23.1 Å². The number of halogens is 2. The van der Waals surface area contributed by atoms with Crippen LogP contribution >= 0.6 is 23.2 Å². The van der Waals surface area contributed by atoms with Crippen molar-refractivity contribution in [3.05, 3.63) is 106 Å². The summed E-state index contributed by atoms with van der Waals surface area (Å²) in [5, 5.41) is 4.16. The molecule has 0 radical (unpaired) electrons. The van der Waals surface area contributed by atoms with Gasteiger partial charge in [0.2, 0.25) is 11.8 Å². The van der Waals surface area contributed by atoms with Crippen molar-refractivity contribution >= 4 is 35.0 Å².